The maximum Gasteiger partial charge on any atom is 0.124 e. The van der Waals surface area contributed by atoms with Gasteiger partial charge in [0.1, 0.15) is 12.4 Å². The van der Waals surface area contributed by atoms with Crippen molar-refractivity contribution in [3.8, 4) is 5.75 Å². The zero-order valence-corrected chi connectivity index (χ0v) is 14.0. The molecule has 1 aromatic carbocycles. The Labute approximate surface area is 142 Å². The predicted octanol–water partition coefficient (Wildman–Crippen LogP) is 2.24. The number of ether oxygens (including phenoxy) is 2. The smallest absolute Gasteiger partial charge is 0.124 e. The number of rotatable bonds is 6. The van der Waals surface area contributed by atoms with Gasteiger partial charge in [-0.25, -0.2) is 0 Å². The lowest BCUT2D eigenvalue weighted by Gasteiger charge is -2.37. The van der Waals surface area contributed by atoms with Gasteiger partial charge in [-0.3, -0.25) is 9.88 Å². The number of hydrogen-bond acceptors (Lipinski definition) is 5. The van der Waals surface area contributed by atoms with Gasteiger partial charge >= 0.3 is 0 Å². The first-order chi connectivity index (χ1) is 11.8. The van der Waals surface area contributed by atoms with Crippen LogP contribution in [0.2, 0.25) is 0 Å². The van der Waals surface area contributed by atoms with Crippen LogP contribution in [0.5, 0.6) is 5.75 Å². The fourth-order valence-electron chi connectivity index (χ4n) is 2.84. The van der Waals surface area contributed by atoms with Crippen LogP contribution in [-0.2, 0) is 17.9 Å². The van der Waals surface area contributed by atoms with Gasteiger partial charge in [0.15, 0.2) is 0 Å². The summed E-state index contributed by atoms with van der Waals surface area (Å²) in [5, 5.41) is 9.34. The molecule has 1 aliphatic rings. The largest absolute Gasteiger partial charge is 0.489 e. The average Bonchev–Trinajstić information content (AvgIpc) is 2.63. The van der Waals surface area contributed by atoms with Crippen LogP contribution < -0.4 is 4.74 Å². The number of aliphatic hydroxyl groups excluding tert-OH is 1. The molecule has 3 rings (SSSR count). The van der Waals surface area contributed by atoms with Crippen molar-refractivity contribution >= 4 is 0 Å². The van der Waals surface area contributed by atoms with E-state index in [0.717, 1.165) is 30.0 Å². The molecular weight excluding hydrogens is 304 g/mol. The number of aromatic nitrogens is 1. The maximum atomic E-state index is 9.34. The Morgan fingerprint density at radius 2 is 2.17 bits per heavy atom. The third-order valence-electron chi connectivity index (χ3n) is 4.30. The Morgan fingerprint density at radius 1 is 1.29 bits per heavy atom. The lowest BCUT2D eigenvalue weighted by Crippen LogP contribution is -2.48. The number of pyridine rings is 1. The van der Waals surface area contributed by atoms with E-state index in [1.807, 2.05) is 36.5 Å². The third-order valence-corrected chi connectivity index (χ3v) is 4.30. The Balaban J connectivity index is 1.67. The molecule has 24 heavy (non-hydrogen) atoms. The Hall–Kier alpha value is -1.95. The van der Waals surface area contributed by atoms with E-state index in [2.05, 4.69) is 22.9 Å². The second kappa shape index (κ2) is 8.24. The van der Waals surface area contributed by atoms with E-state index >= 15 is 0 Å². The number of benzene rings is 1. The van der Waals surface area contributed by atoms with Crippen LogP contribution >= 0.6 is 0 Å². The van der Waals surface area contributed by atoms with Crippen molar-refractivity contribution in [2.45, 2.75) is 32.2 Å². The van der Waals surface area contributed by atoms with Crippen molar-refractivity contribution < 1.29 is 14.6 Å². The summed E-state index contributed by atoms with van der Waals surface area (Å²) in [6.45, 7) is 4.86. The highest BCUT2D eigenvalue weighted by molar-refractivity contribution is 5.33. The summed E-state index contributed by atoms with van der Waals surface area (Å²) in [6.07, 6.45) is 3.47. The molecule has 0 radical (unpaired) electrons. The van der Waals surface area contributed by atoms with Crippen LogP contribution in [0.3, 0.4) is 0 Å². The van der Waals surface area contributed by atoms with E-state index < -0.39 is 0 Å². The van der Waals surface area contributed by atoms with Crippen LogP contribution in [0.1, 0.15) is 18.1 Å². The molecule has 2 heterocycles. The standard InChI is InChI=1S/C19H24N2O3/c1-15-13-23-18(12-22)11-21(15)10-17-6-2-3-7-19(17)24-14-16-5-4-8-20-9-16/h2-9,15,18,22H,10-14H2,1H3. The minimum atomic E-state index is -0.107. The first-order valence-electron chi connectivity index (χ1n) is 8.32. The van der Waals surface area contributed by atoms with Crippen LogP contribution in [0.25, 0.3) is 0 Å². The summed E-state index contributed by atoms with van der Waals surface area (Å²) in [7, 11) is 0. The van der Waals surface area contributed by atoms with Gasteiger partial charge < -0.3 is 14.6 Å². The van der Waals surface area contributed by atoms with Crippen molar-refractivity contribution in [3.63, 3.8) is 0 Å². The van der Waals surface area contributed by atoms with Crippen molar-refractivity contribution in [2.75, 3.05) is 19.8 Å². The van der Waals surface area contributed by atoms with Crippen molar-refractivity contribution in [1.29, 1.82) is 0 Å². The fraction of sp³-hybridized carbons (Fsp3) is 0.421. The molecule has 1 fully saturated rings. The van der Waals surface area contributed by atoms with Crippen LogP contribution in [0, 0.1) is 0 Å². The molecule has 1 N–H and O–H groups in total. The second-order valence-corrected chi connectivity index (χ2v) is 6.17. The maximum absolute atomic E-state index is 9.34. The minimum Gasteiger partial charge on any atom is -0.489 e. The molecule has 2 unspecified atom stereocenters. The van der Waals surface area contributed by atoms with Crippen molar-refractivity contribution in [1.82, 2.24) is 9.88 Å². The van der Waals surface area contributed by atoms with Gasteiger partial charge in [-0.2, -0.15) is 0 Å². The highest BCUT2D eigenvalue weighted by Crippen LogP contribution is 2.23. The predicted molar refractivity (Wildman–Crippen MR) is 91.7 cm³/mol. The van der Waals surface area contributed by atoms with Gasteiger partial charge in [-0.1, -0.05) is 24.3 Å². The van der Waals surface area contributed by atoms with E-state index in [0.29, 0.717) is 19.3 Å². The molecule has 0 amide bonds. The van der Waals surface area contributed by atoms with E-state index in [9.17, 15) is 5.11 Å². The Bertz CT molecular complexity index is 636. The van der Waals surface area contributed by atoms with Crippen molar-refractivity contribution in [2.24, 2.45) is 0 Å². The molecule has 0 spiro atoms. The SMILES string of the molecule is CC1COC(CO)CN1Cc1ccccc1OCc1cccnc1. The van der Waals surface area contributed by atoms with Gasteiger partial charge in [0.05, 0.1) is 19.3 Å². The van der Waals surface area contributed by atoms with E-state index in [-0.39, 0.29) is 12.7 Å². The summed E-state index contributed by atoms with van der Waals surface area (Å²) in [6, 6.07) is 12.3. The number of nitrogens with zero attached hydrogens (tertiary/aromatic N) is 2. The monoisotopic (exact) mass is 328 g/mol. The zero-order chi connectivity index (χ0) is 16.8. The summed E-state index contributed by atoms with van der Waals surface area (Å²) in [5.74, 6) is 0.889. The molecule has 5 heteroatoms. The molecule has 1 aliphatic heterocycles. The Kier molecular flexibility index (Phi) is 5.80. The van der Waals surface area contributed by atoms with Gasteiger partial charge in [0, 0.05) is 42.7 Å². The summed E-state index contributed by atoms with van der Waals surface area (Å²) in [4.78, 5) is 6.44. The van der Waals surface area contributed by atoms with Crippen molar-refractivity contribution in [3.05, 3.63) is 59.9 Å². The molecule has 0 bridgehead atoms. The highest BCUT2D eigenvalue weighted by atomic mass is 16.5. The normalized spacial score (nSPS) is 21.6. The molecule has 0 saturated carbocycles. The second-order valence-electron chi connectivity index (χ2n) is 6.17. The molecule has 0 aliphatic carbocycles. The van der Waals surface area contributed by atoms with Crippen LogP contribution in [0.4, 0.5) is 0 Å². The molecule has 128 valence electrons. The summed E-state index contributed by atoms with van der Waals surface area (Å²) < 4.78 is 11.6. The number of hydrogen-bond donors (Lipinski definition) is 1. The Morgan fingerprint density at radius 3 is 2.96 bits per heavy atom. The quantitative estimate of drug-likeness (QED) is 0.881. The van der Waals surface area contributed by atoms with E-state index in [1.165, 1.54) is 0 Å². The molecule has 5 nitrogen and oxygen atoms in total. The number of morpholine rings is 1. The van der Waals surface area contributed by atoms with E-state index in [4.69, 9.17) is 9.47 Å². The van der Waals surface area contributed by atoms with Gasteiger partial charge in [0.2, 0.25) is 0 Å². The molecule has 2 atom stereocenters. The van der Waals surface area contributed by atoms with Gasteiger partial charge in [-0.15, -0.1) is 0 Å². The van der Waals surface area contributed by atoms with Crippen LogP contribution in [0.15, 0.2) is 48.8 Å². The fourth-order valence-corrected chi connectivity index (χ4v) is 2.84. The number of aliphatic hydroxyl groups is 1. The summed E-state index contributed by atoms with van der Waals surface area (Å²) in [5.41, 5.74) is 2.19. The average molecular weight is 328 g/mol. The summed E-state index contributed by atoms with van der Waals surface area (Å²) >= 11 is 0. The van der Waals surface area contributed by atoms with Crippen LogP contribution in [-0.4, -0.2) is 46.9 Å². The van der Waals surface area contributed by atoms with Gasteiger partial charge in [-0.05, 0) is 19.1 Å². The third kappa shape index (κ3) is 4.32. The van der Waals surface area contributed by atoms with Gasteiger partial charge in [0.25, 0.3) is 0 Å². The number of para-hydroxylation sites is 1. The first kappa shape index (κ1) is 16.9. The zero-order valence-electron chi connectivity index (χ0n) is 14.0. The lowest BCUT2D eigenvalue weighted by molar-refractivity contribution is -0.0807. The molecule has 2 aromatic rings. The highest BCUT2D eigenvalue weighted by Gasteiger charge is 2.26. The molecule has 1 saturated heterocycles. The lowest BCUT2D eigenvalue weighted by atomic mass is 10.1. The first-order valence-corrected chi connectivity index (χ1v) is 8.32. The van der Waals surface area contributed by atoms with E-state index in [1.54, 1.807) is 6.20 Å². The minimum absolute atomic E-state index is 0.0579. The topological polar surface area (TPSA) is 54.8 Å². The molecule has 1 aromatic heterocycles. The molecular formula is C19H24N2O3.